The van der Waals surface area contributed by atoms with Gasteiger partial charge in [0.2, 0.25) is 0 Å². The molecule has 1 fully saturated rings. The molecule has 0 unspecified atom stereocenters. The van der Waals surface area contributed by atoms with Crippen molar-refractivity contribution < 1.29 is 4.39 Å². The van der Waals surface area contributed by atoms with Crippen LogP contribution in [0, 0.1) is 0 Å². The van der Waals surface area contributed by atoms with Gasteiger partial charge < -0.3 is 5.32 Å². The SMILES string of the molecule is Cl.F[C@H]1CNC[C@H]1c1ccccc1. The van der Waals surface area contributed by atoms with Crippen LogP contribution in [0.1, 0.15) is 11.5 Å². The second-order valence-corrected chi connectivity index (χ2v) is 3.19. The highest BCUT2D eigenvalue weighted by molar-refractivity contribution is 5.85. The van der Waals surface area contributed by atoms with Crippen LogP contribution >= 0.6 is 12.4 Å². The van der Waals surface area contributed by atoms with Gasteiger partial charge in [0.05, 0.1) is 0 Å². The molecule has 1 aromatic rings. The molecule has 13 heavy (non-hydrogen) atoms. The van der Waals surface area contributed by atoms with E-state index in [-0.39, 0.29) is 18.3 Å². The predicted octanol–water partition coefficient (Wildman–Crippen LogP) is 2.13. The van der Waals surface area contributed by atoms with Gasteiger partial charge in [0.1, 0.15) is 6.17 Å². The largest absolute Gasteiger partial charge is 0.313 e. The molecule has 1 aliphatic heterocycles. The third-order valence-corrected chi connectivity index (χ3v) is 2.37. The summed E-state index contributed by atoms with van der Waals surface area (Å²) in [5.74, 6) is 0.0613. The number of alkyl halides is 1. The second kappa shape index (κ2) is 4.58. The first-order valence-corrected chi connectivity index (χ1v) is 4.27. The van der Waals surface area contributed by atoms with E-state index in [9.17, 15) is 4.39 Å². The molecule has 1 heterocycles. The Labute approximate surface area is 83.8 Å². The van der Waals surface area contributed by atoms with Gasteiger partial charge in [0, 0.05) is 19.0 Å². The highest BCUT2D eigenvalue weighted by atomic mass is 35.5. The van der Waals surface area contributed by atoms with Gasteiger partial charge in [0.15, 0.2) is 0 Å². The van der Waals surface area contributed by atoms with Crippen molar-refractivity contribution in [3.8, 4) is 0 Å². The van der Waals surface area contributed by atoms with E-state index in [2.05, 4.69) is 5.32 Å². The van der Waals surface area contributed by atoms with Gasteiger partial charge in [-0.3, -0.25) is 0 Å². The average Bonchev–Trinajstić information content (AvgIpc) is 2.53. The standard InChI is InChI=1S/C10H12FN.ClH/c11-10-7-12-6-9(10)8-4-2-1-3-5-8;/h1-5,9-10,12H,6-7H2;1H/t9-,10-;/m0./s1. The first kappa shape index (κ1) is 10.5. The summed E-state index contributed by atoms with van der Waals surface area (Å²) in [6.07, 6.45) is -0.715. The number of benzene rings is 1. The number of hydrogen-bond acceptors (Lipinski definition) is 1. The lowest BCUT2D eigenvalue weighted by Crippen LogP contribution is -2.10. The molecule has 0 aliphatic carbocycles. The van der Waals surface area contributed by atoms with E-state index in [0.717, 1.165) is 12.1 Å². The third kappa shape index (κ3) is 2.20. The van der Waals surface area contributed by atoms with Crippen molar-refractivity contribution in [2.45, 2.75) is 12.1 Å². The Morgan fingerprint density at radius 2 is 1.85 bits per heavy atom. The average molecular weight is 202 g/mol. The van der Waals surface area contributed by atoms with Crippen molar-refractivity contribution in [3.05, 3.63) is 35.9 Å². The van der Waals surface area contributed by atoms with Gasteiger partial charge in [-0.2, -0.15) is 0 Å². The molecule has 3 heteroatoms. The molecule has 72 valence electrons. The fourth-order valence-corrected chi connectivity index (χ4v) is 1.67. The number of halogens is 2. The van der Waals surface area contributed by atoms with E-state index in [1.54, 1.807) is 0 Å². The molecule has 0 amide bonds. The van der Waals surface area contributed by atoms with E-state index in [1.807, 2.05) is 30.3 Å². The molecule has 1 nitrogen and oxygen atoms in total. The van der Waals surface area contributed by atoms with Crippen molar-refractivity contribution in [1.29, 1.82) is 0 Å². The summed E-state index contributed by atoms with van der Waals surface area (Å²) in [5, 5.41) is 3.05. The molecule has 2 rings (SSSR count). The predicted molar refractivity (Wildman–Crippen MR) is 54.2 cm³/mol. The van der Waals surface area contributed by atoms with Crippen LogP contribution in [-0.2, 0) is 0 Å². The van der Waals surface area contributed by atoms with Gasteiger partial charge in [0.25, 0.3) is 0 Å². The summed E-state index contributed by atoms with van der Waals surface area (Å²) in [7, 11) is 0. The Kier molecular flexibility index (Phi) is 3.70. The maximum atomic E-state index is 13.2. The van der Waals surface area contributed by atoms with Crippen LogP contribution in [0.2, 0.25) is 0 Å². The Bertz CT molecular complexity index is 252. The third-order valence-electron chi connectivity index (χ3n) is 2.37. The minimum Gasteiger partial charge on any atom is -0.313 e. The molecule has 0 aromatic heterocycles. The molecule has 2 atom stereocenters. The molecule has 1 aliphatic rings. The van der Waals surface area contributed by atoms with E-state index in [4.69, 9.17) is 0 Å². The van der Waals surface area contributed by atoms with Gasteiger partial charge in [-0.1, -0.05) is 30.3 Å². The molecular weight excluding hydrogens is 189 g/mol. The van der Waals surface area contributed by atoms with Crippen molar-refractivity contribution in [2.24, 2.45) is 0 Å². The van der Waals surface area contributed by atoms with Crippen LogP contribution in [-0.4, -0.2) is 19.3 Å². The van der Waals surface area contributed by atoms with E-state index in [0.29, 0.717) is 6.54 Å². The monoisotopic (exact) mass is 201 g/mol. The minimum atomic E-state index is -0.715. The molecule has 1 saturated heterocycles. The molecule has 0 radical (unpaired) electrons. The fraction of sp³-hybridized carbons (Fsp3) is 0.400. The minimum absolute atomic E-state index is 0. The molecule has 1 aromatic carbocycles. The van der Waals surface area contributed by atoms with Gasteiger partial charge in [-0.25, -0.2) is 4.39 Å². The molecule has 0 bridgehead atoms. The Balaban J connectivity index is 0.000000845. The van der Waals surface area contributed by atoms with E-state index in [1.165, 1.54) is 0 Å². The number of rotatable bonds is 1. The zero-order valence-corrected chi connectivity index (χ0v) is 8.06. The lowest BCUT2D eigenvalue weighted by Gasteiger charge is -2.10. The van der Waals surface area contributed by atoms with E-state index < -0.39 is 6.17 Å². The quantitative estimate of drug-likeness (QED) is 0.734. The Morgan fingerprint density at radius 1 is 1.15 bits per heavy atom. The first-order valence-electron chi connectivity index (χ1n) is 4.27. The summed E-state index contributed by atoms with van der Waals surface area (Å²) in [4.78, 5) is 0. The van der Waals surface area contributed by atoms with E-state index >= 15 is 0 Å². The highest BCUT2D eigenvalue weighted by Gasteiger charge is 2.27. The van der Waals surface area contributed by atoms with Crippen molar-refractivity contribution >= 4 is 12.4 Å². The topological polar surface area (TPSA) is 12.0 Å². The molecule has 0 spiro atoms. The zero-order chi connectivity index (χ0) is 8.39. The molecule has 1 N–H and O–H groups in total. The molecule has 0 saturated carbocycles. The van der Waals surface area contributed by atoms with Crippen molar-refractivity contribution in [3.63, 3.8) is 0 Å². The first-order chi connectivity index (χ1) is 5.88. The zero-order valence-electron chi connectivity index (χ0n) is 7.24. The molecular formula is C10H13ClFN. The van der Waals surface area contributed by atoms with Crippen LogP contribution < -0.4 is 5.32 Å². The summed E-state index contributed by atoms with van der Waals surface area (Å²) < 4.78 is 13.2. The number of nitrogens with one attached hydrogen (secondary N) is 1. The van der Waals surface area contributed by atoms with Gasteiger partial charge >= 0.3 is 0 Å². The van der Waals surface area contributed by atoms with Crippen LogP contribution in [0.5, 0.6) is 0 Å². The number of hydrogen-bond donors (Lipinski definition) is 1. The van der Waals surface area contributed by atoms with Crippen LogP contribution in [0.3, 0.4) is 0 Å². The highest BCUT2D eigenvalue weighted by Crippen LogP contribution is 2.24. The second-order valence-electron chi connectivity index (χ2n) is 3.19. The Morgan fingerprint density at radius 3 is 2.38 bits per heavy atom. The van der Waals surface area contributed by atoms with Crippen molar-refractivity contribution in [1.82, 2.24) is 5.32 Å². The van der Waals surface area contributed by atoms with Crippen LogP contribution in [0.25, 0.3) is 0 Å². The summed E-state index contributed by atoms with van der Waals surface area (Å²) in [5.41, 5.74) is 1.11. The maximum absolute atomic E-state index is 13.2. The summed E-state index contributed by atoms with van der Waals surface area (Å²) >= 11 is 0. The normalized spacial score (nSPS) is 26.8. The lowest BCUT2D eigenvalue weighted by atomic mass is 9.97. The maximum Gasteiger partial charge on any atom is 0.121 e. The van der Waals surface area contributed by atoms with Crippen molar-refractivity contribution in [2.75, 3.05) is 13.1 Å². The Hall–Kier alpha value is -0.600. The van der Waals surface area contributed by atoms with Crippen LogP contribution in [0.4, 0.5) is 4.39 Å². The smallest absolute Gasteiger partial charge is 0.121 e. The lowest BCUT2D eigenvalue weighted by molar-refractivity contribution is 0.332. The fourth-order valence-electron chi connectivity index (χ4n) is 1.67. The van der Waals surface area contributed by atoms with Gasteiger partial charge in [-0.05, 0) is 5.56 Å². The van der Waals surface area contributed by atoms with Gasteiger partial charge in [-0.15, -0.1) is 12.4 Å². The van der Waals surface area contributed by atoms with Crippen LogP contribution in [0.15, 0.2) is 30.3 Å². The summed E-state index contributed by atoms with van der Waals surface area (Å²) in [6, 6.07) is 9.86. The summed E-state index contributed by atoms with van der Waals surface area (Å²) in [6.45, 7) is 1.27.